The SMILES string of the molecule is COC(=O)[C@@H]1CC2=CC(=O)CC[C@]2(C)C2=CC[C@@]3(C)[C@H](CC[C@@]34CCC(=O)O4)[C@@H]21. The van der Waals surface area contributed by atoms with Gasteiger partial charge >= 0.3 is 11.9 Å². The molecule has 5 aliphatic rings. The fourth-order valence-corrected chi connectivity index (χ4v) is 7.53. The second-order valence-corrected chi connectivity index (χ2v) is 10.2. The topological polar surface area (TPSA) is 69.7 Å². The number of esters is 2. The summed E-state index contributed by atoms with van der Waals surface area (Å²) in [6.07, 6.45) is 10.1. The highest BCUT2D eigenvalue weighted by Gasteiger charge is 2.67. The van der Waals surface area contributed by atoms with Crippen LogP contribution in [0, 0.1) is 28.6 Å². The van der Waals surface area contributed by atoms with Crippen molar-refractivity contribution in [3.8, 4) is 0 Å². The highest BCUT2D eigenvalue weighted by atomic mass is 16.6. The van der Waals surface area contributed by atoms with Crippen LogP contribution in [0.2, 0.25) is 0 Å². The first kappa shape index (κ1) is 19.1. The molecule has 1 saturated heterocycles. The highest BCUT2D eigenvalue weighted by molar-refractivity contribution is 5.92. The third-order valence-electron chi connectivity index (χ3n) is 9.23. The summed E-state index contributed by atoms with van der Waals surface area (Å²) in [5.41, 5.74) is 1.72. The summed E-state index contributed by atoms with van der Waals surface area (Å²) in [7, 11) is 1.46. The zero-order valence-corrected chi connectivity index (χ0v) is 17.6. The van der Waals surface area contributed by atoms with E-state index in [-0.39, 0.29) is 46.3 Å². The molecule has 156 valence electrons. The molecule has 0 radical (unpaired) electrons. The van der Waals surface area contributed by atoms with Crippen LogP contribution in [-0.4, -0.2) is 30.4 Å². The third kappa shape index (κ3) is 2.36. The van der Waals surface area contributed by atoms with E-state index in [2.05, 4.69) is 19.9 Å². The lowest BCUT2D eigenvalue weighted by atomic mass is 9.48. The lowest BCUT2D eigenvalue weighted by Crippen LogP contribution is -2.53. The molecular formula is C24H30O5. The molecule has 5 nitrogen and oxygen atoms in total. The van der Waals surface area contributed by atoms with Gasteiger partial charge in [0.15, 0.2) is 5.78 Å². The van der Waals surface area contributed by atoms with Crippen LogP contribution in [0.1, 0.15) is 65.2 Å². The Hall–Kier alpha value is -1.91. The Bertz CT molecular complexity index is 868. The average molecular weight is 398 g/mol. The molecule has 0 amide bonds. The summed E-state index contributed by atoms with van der Waals surface area (Å²) in [5.74, 6) is 0.00356. The van der Waals surface area contributed by atoms with Crippen molar-refractivity contribution < 1.29 is 23.9 Å². The third-order valence-corrected chi connectivity index (χ3v) is 9.23. The van der Waals surface area contributed by atoms with Crippen molar-refractivity contribution in [2.75, 3.05) is 7.11 Å². The lowest BCUT2D eigenvalue weighted by Gasteiger charge is -2.56. The van der Waals surface area contributed by atoms with E-state index in [4.69, 9.17) is 9.47 Å². The minimum atomic E-state index is -0.392. The second-order valence-electron chi connectivity index (χ2n) is 10.2. The fourth-order valence-electron chi connectivity index (χ4n) is 7.53. The maximum atomic E-state index is 12.9. The summed E-state index contributed by atoms with van der Waals surface area (Å²) in [6.45, 7) is 4.52. The molecule has 0 bridgehead atoms. The molecular weight excluding hydrogens is 368 g/mol. The van der Waals surface area contributed by atoms with Crippen LogP contribution in [0.4, 0.5) is 0 Å². The van der Waals surface area contributed by atoms with Crippen molar-refractivity contribution in [1.82, 2.24) is 0 Å². The highest BCUT2D eigenvalue weighted by Crippen LogP contribution is 2.69. The van der Waals surface area contributed by atoms with Crippen LogP contribution < -0.4 is 0 Å². The molecule has 0 aromatic heterocycles. The van der Waals surface area contributed by atoms with Gasteiger partial charge in [0, 0.05) is 23.7 Å². The van der Waals surface area contributed by atoms with Gasteiger partial charge in [-0.05, 0) is 56.4 Å². The zero-order chi connectivity index (χ0) is 20.6. The van der Waals surface area contributed by atoms with Crippen LogP contribution in [0.5, 0.6) is 0 Å². The van der Waals surface area contributed by atoms with Gasteiger partial charge in [0.1, 0.15) is 5.60 Å². The van der Waals surface area contributed by atoms with E-state index >= 15 is 0 Å². The zero-order valence-electron chi connectivity index (χ0n) is 17.6. The van der Waals surface area contributed by atoms with Gasteiger partial charge in [-0.15, -0.1) is 0 Å². The number of rotatable bonds is 1. The molecule has 29 heavy (non-hydrogen) atoms. The number of carbonyl (C=O) groups is 3. The van der Waals surface area contributed by atoms with Gasteiger partial charge in [-0.3, -0.25) is 14.4 Å². The minimum absolute atomic E-state index is 0.0854. The number of carbonyl (C=O) groups excluding carboxylic acids is 3. The standard InChI is InChI=1S/C24H30O5/c1-22-8-4-15(25)12-14(22)13-16(21(27)28-3)20-17(22)5-9-23(2)18(20)6-10-24(23)11-7-19(26)29-24/h5,12,16,18,20H,4,6-11,13H2,1-3H3/t16-,18-,20-,22+,23+,24-/m1/s1. The molecule has 0 unspecified atom stereocenters. The smallest absolute Gasteiger partial charge is 0.309 e. The lowest BCUT2D eigenvalue weighted by molar-refractivity contribution is -0.163. The molecule has 5 rings (SSSR count). The number of ketones is 1. The van der Waals surface area contributed by atoms with Crippen molar-refractivity contribution in [2.45, 2.75) is 70.8 Å². The predicted octanol–water partition coefficient (Wildman–Crippen LogP) is 3.91. The van der Waals surface area contributed by atoms with Crippen molar-refractivity contribution in [2.24, 2.45) is 28.6 Å². The second kappa shape index (κ2) is 6.05. The first-order chi connectivity index (χ1) is 13.7. The summed E-state index contributed by atoms with van der Waals surface area (Å²) in [6, 6.07) is 0. The summed E-state index contributed by atoms with van der Waals surface area (Å²) >= 11 is 0. The van der Waals surface area contributed by atoms with Crippen LogP contribution in [0.15, 0.2) is 23.3 Å². The summed E-state index contributed by atoms with van der Waals surface area (Å²) < 4.78 is 11.2. The van der Waals surface area contributed by atoms with Gasteiger partial charge in [-0.25, -0.2) is 0 Å². The van der Waals surface area contributed by atoms with Gasteiger partial charge in [0.05, 0.1) is 13.0 Å². The number of allylic oxidation sites excluding steroid dienone is 4. The van der Waals surface area contributed by atoms with Gasteiger partial charge in [0.25, 0.3) is 0 Å². The molecule has 0 N–H and O–H groups in total. The Balaban J connectivity index is 1.63. The molecule has 4 aliphatic carbocycles. The largest absolute Gasteiger partial charge is 0.469 e. The van der Waals surface area contributed by atoms with E-state index in [1.54, 1.807) is 6.08 Å². The Kier molecular flexibility index (Phi) is 3.98. The van der Waals surface area contributed by atoms with Gasteiger partial charge < -0.3 is 9.47 Å². The molecule has 0 aromatic carbocycles. The fraction of sp³-hybridized carbons (Fsp3) is 0.708. The molecule has 1 heterocycles. The molecule has 5 heteroatoms. The molecule has 1 spiro atoms. The van der Waals surface area contributed by atoms with E-state index in [0.717, 1.165) is 37.7 Å². The Labute approximate surface area is 171 Å². The van der Waals surface area contributed by atoms with E-state index in [9.17, 15) is 14.4 Å². The predicted molar refractivity (Wildman–Crippen MR) is 106 cm³/mol. The van der Waals surface area contributed by atoms with Crippen LogP contribution in [0.3, 0.4) is 0 Å². The molecule has 0 aromatic rings. The number of fused-ring (bicyclic) bond motifs is 6. The van der Waals surface area contributed by atoms with Crippen LogP contribution >= 0.6 is 0 Å². The van der Waals surface area contributed by atoms with Gasteiger partial charge in [-0.2, -0.15) is 0 Å². The quantitative estimate of drug-likeness (QED) is 0.495. The van der Waals surface area contributed by atoms with Crippen molar-refractivity contribution in [1.29, 1.82) is 0 Å². The van der Waals surface area contributed by atoms with Crippen molar-refractivity contribution in [3.05, 3.63) is 23.3 Å². The minimum Gasteiger partial charge on any atom is -0.469 e. The van der Waals surface area contributed by atoms with Crippen molar-refractivity contribution >= 4 is 17.7 Å². The van der Waals surface area contributed by atoms with Crippen molar-refractivity contribution in [3.63, 3.8) is 0 Å². The first-order valence-electron chi connectivity index (χ1n) is 11.0. The molecule has 2 saturated carbocycles. The van der Waals surface area contributed by atoms with Gasteiger partial charge in [-0.1, -0.05) is 31.1 Å². The molecule has 1 aliphatic heterocycles. The van der Waals surface area contributed by atoms with E-state index in [1.165, 1.54) is 12.7 Å². The normalized spacial score (nSPS) is 45.7. The maximum absolute atomic E-state index is 12.9. The van der Waals surface area contributed by atoms with E-state index < -0.39 is 5.60 Å². The maximum Gasteiger partial charge on any atom is 0.309 e. The van der Waals surface area contributed by atoms with E-state index in [0.29, 0.717) is 19.3 Å². The first-order valence-corrected chi connectivity index (χ1v) is 11.0. The van der Waals surface area contributed by atoms with Crippen LogP contribution in [0.25, 0.3) is 0 Å². The Morgan fingerprint density at radius 2 is 1.97 bits per heavy atom. The molecule has 3 fully saturated rings. The monoisotopic (exact) mass is 398 g/mol. The summed E-state index contributed by atoms with van der Waals surface area (Å²) in [5, 5.41) is 0. The Morgan fingerprint density at radius 3 is 2.66 bits per heavy atom. The number of hydrogen-bond donors (Lipinski definition) is 0. The molecule has 6 atom stereocenters. The summed E-state index contributed by atoms with van der Waals surface area (Å²) in [4.78, 5) is 37.1. The average Bonchev–Trinajstić information content (AvgIpc) is 3.22. The number of hydrogen-bond acceptors (Lipinski definition) is 5. The number of ether oxygens (including phenoxy) is 2. The van der Waals surface area contributed by atoms with Gasteiger partial charge in [0.2, 0.25) is 0 Å². The van der Waals surface area contributed by atoms with E-state index in [1.807, 2.05) is 0 Å². The van der Waals surface area contributed by atoms with Crippen LogP contribution in [-0.2, 0) is 23.9 Å². The Morgan fingerprint density at radius 1 is 1.17 bits per heavy atom. The number of methoxy groups -OCH3 is 1.